The van der Waals surface area contributed by atoms with Crippen LogP contribution in [0.15, 0.2) is 24.3 Å². The van der Waals surface area contributed by atoms with Gasteiger partial charge in [0.15, 0.2) is 0 Å². The van der Waals surface area contributed by atoms with Crippen LogP contribution in [0.5, 0.6) is 0 Å². The van der Waals surface area contributed by atoms with Crippen molar-refractivity contribution in [2.45, 2.75) is 72.3 Å². The van der Waals surface area contributed by atoms with Crippen LogP contribution in [0.2, 0.25) is 0 Å². The molecule has 0 saturated carbocycles. The summed E-state index contributed by atoms with van der Waals surface area (Å²) >= 11 is 0. The summed E-state index contributed by atoms with van der Waals surface area (Å²) in [4.78, 5) is 0. The van der Waals surface area contributed by atoms with Crippen molar-refractivity contribution >= 4 is 0 Å². The number of benzene rings is 1. The van der Waals surface area contributed by atoms with Crippen molar-refractivity contribution in [3.63, 3.8) is 0 Å². The van der Waals surface area contributed by atoms with E-state index in [9.17, 15) is 0 Å². The molecular formula is C19H33N. The monoisotopic (exact) mass is 275 g/mol. The van der Waals surface area contributed by atoms with Crippen molar-refractivity contribution in [2.75, 3.05) is 6.54 Å². The largest absolute Gasteiger partial charge is 0.314 e. The van der Waals surface area contributed by atoms with E-state index in [1.807, 2.05) is 0 Å². The molecule has 0 aromatic heterocycles. The summed E-state index contributed by atoms with van der Waals surface area (Å²) in [6, 6.07) is 9.86. The maximum Gasteiger partial charge on any atom is 0.00726 e. The van der Waals surface area contributed by atoms with Crippen LogP contribution in [0.3, 0.4) is 0 Å². The second-order valence-electron chi connectivity index (χ2n) is 6.72. The molecule has 0 saturated heterocycles. The molecule has 0 aliphatic heterocycles. The molecule has 0 fully saturated rings. The molecule has 1 nitrogen and oxygen atoms in total. The second kappa shape index (κ2) is 9.18. The highest BCUT2D eigenvalue weighted by molar-refractivity contribution is 5.24. The smallest absolute Gasteiger partial charge is 0.00726 e. The minimum Gasteiger partial charge on any atom is -0.314 e. The highest BCUT2D eigenvalue weighted by atomic mass is 14.9. The zero-order valence-corrected chi connectivity index (χ0v) is 14.1. The highest BCUT2D eigenvalue weighted by Crippen LogP contribution is 2.17. The van der Waals surface area contributed by atoms with Crippen LogP contribution in [0.25, 0.3) is 0 Å². The summed E-state index contributed by atoms with van der Waals surface area (Å²) in [5.74, 6) is 1.40. The number of hydrogen-bond donors (Lipinski definition) is 1. The molecule has 1 N–H and O–H groups in total. The summed E-state index contributed by atoms with van der Waals surface area (Å²) < 4.78 is 0. The molecule has 0 amide bonds. The van der Waals surface area contributed by atoms with E-state index in [-0.39, 0.29) is 0 Å². The number of hydrogen-bond acceptors (Lipinski definition) is 1. The van der Waals surface area contributed by atoms with E-state index in [0.29, 0.717) is 12.0 Å². The van der Waals surface area contributed by atoms with Crippen LogP contribution in [0, 0.1) is 5.92 Å². The van der Waals surface area contributed by atoms with Crippen molar-refractivity contribution in [2.24, 2.45) is 5.92 Å². The zero-order valence-electron chi connectivity index (χ0n) is 14.1. The van der Waals surface area contributed by atoms with Gasteiger partial charge in [0.25, 0.3) is 0 Å². The minimum atomic E-state index is 0.629. The first kappa shape index (κ1) is 17.2. The second-order valence-corrected chi connectivity index (χ2v) is 6.72. The van der Waals surface area contributed by atoms with E-state index in [1.165, 1.54) is 36.8 Å². The Morgan fingerprint density at radius 2 is 1.65 bits per heavy atom. The van der Waals surface area contributed by atoms with Gasteiger partial charge in [0.05, 0.1) is 0 Å². The van der Waals surface area contributed by atoms with Crippen LogP contribution in [0.1, 0.15) is 70.9 Å². The molecule has 1 unspecified atom stereocenters. The van der Waals surface area contributed by atoms with Crippen molar-refractivity contribution in [1.29, 1.82) is 0 Å². The van der Waals surface area contributed by atoms with Gasteiger partial charge in [-0.25, -0.2) is 0 Å². The van der Waals surface area contributed by atoms with Gasteiger partial charge in [0, 0.05) is 6.04 Å². The third kappa shape index (κ3) is 6.56. The Balaban J connectivity index is 2.48. The van der Waals surface area contributed by atoms with E-state index in [1.54, 1.807) is 0 Å². The Labute approximate surface area is 126 Å². The molecule has 114 valence electrons. The zero-order chi connectivity index (χ0) is 15.0. The van der Waals surface area contributed by atoms with Gasteiger partial charge < -0.3 is 5.32 Å². The molecule has 1 aromatic carbocycles. The number of nitrogens with one attached hydrogen (secondary N) is 1. The Bertz CT molecular complexity index is 351. The Kier molecular flexibility index (Phi) is 7.91. The van der Waals surface area contributed by atoms with Gasteiger partial charge in [-0.15, -0.1) is 0 Å². The third-order valence-corrected chi connectivity index (χ3v) is 3.87. The van der Waals surface area contributed by atoms with Crippen LogP contribution >= 0.6 is 0 Å². The van der Waals surface area contributed by atoms with Gasteiger partial charge in [0.1, 0.15) is 0 Å². The average Bonchev–Trinajstić information content (AvgIpc) is 2.41. The lowest BCUT2D eigenvalue weighted by Crippen LogP contribution is -2.31. The molecule has 20 heavy (non-hydrogen) atoms. The molecule has 1 aromatic rings. The fourth-order valence-electron chi connectivity index (χ4n) is 2.63. The molecular weight excluding hydrogens is 242 g/mol. The normalized spacial score (nSPS) is 13.2. The van der Waals surface area contributed by atoms with Crippen LogP contribution in [-0.4, -0.2) is 12.6 Å². The number of rotatable bonds is 9. The predicted octanol–water partition coefficient (Wildman–Crippen LogP) is 5.16. The van der Waals surface area contributed by atoms with Gasteiger partial charge in [-0.2, -0.15) is 0 Å². The minimum absolute atomic E-state index is 0.629. The first-order valence-corrected chi connectivity index (χ1v) is 8.35. The molecule has 0 aliphatic rings. The first-order chi connectivity index (χ1) is 9.52. The van der Waals surface area contributed by atoms with Crippen molar-refractivity contribution in [3.8, 4) is 0 Å². The summed E-state index contributed by atoms with van der Waals surface area (Å²) in [5, 5.41) is 3.70. The van der Waals surface area contributed by atoms with Crippen molar-refractivity contribution in [3.05, 3.63) is 35.4 Å². The molecule has 1 heteroatoms. The molecule has 0 bridgehead atoms. The molecule has 1 atom stereocenters. The lowest BCUT2D eigenvalue weighted by Gasteiger charge is -2.20. The molecule has 1 rings (SSSR count). The Morgan fingerprint density at radius 3 is 2.15 bits per heavy atom. The third-order valence-electron chi connectivity index (χ3n) is 3.87. The molecule has 0 aliphatic carbocycles. The standard InChI is InChI=1S/C19H33N/c1-6-13-20-19(14-15(2)3)12-9-17-7-10-18(11-8-17)16(4)5/h7-8,10-11,15-16,19-20H,6,9,12-14H2,1-5H3. The topological polar surface area (TPSA) is 12.0 Å². The Morgan fingerprint density at radius 1 is 1.00 bits per heavy atom. The van der Waals surface area contributed by atoms with Crippen LogP contribution in [-0.2, 0) is 6.42 Å². The van der Waals surface area contributed by atoms with Crippen molar-refractivity contribution in [1.82, 2.24) is 5.32 Å². The predicted molar refractivity (Wildman–Crippen MR) is 90.4 cm³/mol. The van der Waals surface area contributed by atoms with E-state index in [0.717, 1.165) is 12.5 Å². The van der Waals surface area contributed by atoms with Crippen molar-refractivity contribution < 1.29 is 0 Å². The van der Waals surface area contributed by atoms with Crippen LogP contribution < -0.4 is 5.32 Å². The van der Waals surface area contributed by atoms with Gasteiger partial charge in [0.2, 0.25) is 0 Å². The summed E-state index contributed by atoms with van der Waals surface area (Å²) in [6.45, 7) is 12.5. The summed E-state index contributed by atoms with van der Waals surface area (Å²) in [5.41, 5.74) is 2.91. The lowest BCUT2D eigenvalue weighted by atomic mass is 9.96. The van der Waals surface area contributed by atoms with Gasteiger partial charge >= 0.3 is 0 Å². The fraction of sp³-hybridized carbons (Fsp3) is 0.684. The van der Waals surface area contributed by atoms with E-state index in [4.69, 9.17) is 0 Å². The van der Waals surface area contributed by atoms with Gasteiger partial charge in [-0.1, -0.05) is 58.9 Å². The molecule has 0 spiro atoms. The Hall–Kier alpha value is -0.820. The maximum absolute atomic E-state index is 3.70. The SMILES string of the molecule is CCCNC(CCc1ccc(C(C)C)cc1)CC(C)C. The van der Waals surface area contributed by atoms with Crippen LogP contribution in [0.4, 0.5) is 0 Å². The van der Waals surface area contributed by atoms with E-state index >= 15 is 0 Å². The average molecular weight is 275 g/mol. The fourth-order valence-corrected chi connectivity index (χ4v) is 2.63. The first-order valence-electron chi connectivity index (χ1n) is 8.35. The van der Waals surface area contributed by atoms with Gasteiger partial charge in [-0.3, -0.25) is 0 Å². The lowest BCUT2D eigenvalue weighted by molar-refractivity contribution is 0.398. The highest BCUT2D eigenvalue weighted by Gasteiger charge is 2.10. The summed E-state index contributed by atoms with van der Waals surface area (Å²) in [6.07, 6.45) is 4.94. The van der Waals surface area contributed by atoms with E-state index in [2.05, 4.69) is 64.2 Å². The van der Waals surface area contributed by atoms with Gasteiger partial charge in [-0.05, 0) is 55.2 Å². The molecule has 0 heterocycles. The van der Waals surface area contributed by atoms with E-state index < -0.39 is 0 Å². The number of aryl methyl sites for hydroxylation is 1. The molecule has 0 radical (unpaired) electrons. The maximum atomic E-state index is 3.70. The summed E-state index contributed by atoms with van der Waals surface area (Å²) in [7, 11) is 0. The quantitative estimate of drug-likeness (QED) is 0.656.